The molecule has 5 nitrogen and oxygen atoms in total. The minimum absolute atomic E-state index is 0.244. The molecule has 0 heterocycles. The average molecular weight is 318 g/mol. The molecule has 0 saturated carbocycles. The summed E-state index contributed by atoms with van der Waals surface area (Å²) in [7, 11) is 0. The molecule has 0 aromatic heterocycles. The Balaban J connectivity index is 1.93. The average Bonchev–Trinajstić information content (AvgIpc) is 2.53. The SMILES string of the molecule is CC(C)OC(=O)N(N)c1ccc(OCc2ccc(F)cc2)cc1. The Labute approximate surface area is 134 Å². The summed E-state index contributed by atoms with van der Waals surface area (Å²) in [6.45, 7) is 3.82. The zero-order valence-electron chi connectivity index (χ0n) is 13.0. The van der Waals surface area contributed by atoms with Crippen molar-refractivity contribution in [3.63, 3.8) is 0 Å². The molecule has 0 saturated heterocycles. The third-order valence-electron chi connectivity index (χ3n) is 2.97. The van der Waals surface area contributed by atoms with Crippen molar-refractivity contribution in [3.05, 3.63) is 59.9 Å². The van der Waals surface area contributed by atoms with Crippen LogP contribution in [0.2, 0.25) is 0 Å². The van der Waals surface area contributed by atoms with Gasteiger partial charge in [0, 0.05) is 0 Å². The molecule has 0 aliphatic heterocycles. The maximum Gasteiger partial charge on any atom is 0.429 e. The van der Waals surface area contributed by atoms with Gasteiger partial charge < -0.3 is 9.47 Å². The lowest BCUT2D eigenvalue weighted by atomic mass is 10.2. The van der Waals surface area contributed by atoms with Gasteiger partial charge in [0.15, 0.2) is 0 Å². The number of carbonyl (C=O) groups excluding carboxylic acids is 1. The van der Waals surface area contributed by atoms with E-state index in [0.717, 1.165) is 10.6 Å². The van der Waals surface area contributed by atoms with Gasteiger partial charge in [-0.25, -0.2) is 20.0 Å². The monoisotopic (exact) mass is 318 g/mol. The summed E-state index contributed by atoms with van der Waals surface area (Å²) in [5.41, 5.74) is 1.35. The van der Waals surface area contributed by atoms with E-state index >= 15 is 0 Å². The molecule has 0 spiro atoms. The van der Waals surface area contributed by atoms with Gasteiger partial charge in [-0.05, 0) is 55.8 Å². The van der Waals surface area contributed by atoms with Crippen LogP contribution in [0.4, 0.5) is 14.9 Å². The number of nitrogens with zero attached hydrogens (tertiary/aromatic N) is 1. The van der Waals surface area contributed by atoms with Gasteiger partial charge in [0.25, 0.3) is 0 Å². The van der Waals surface area contributed by atoms with Gasteiger partial charge in [0.2, 0.25) is 0 Å². The highest BCUT2D eigenvalue weighted by Crippen LogP contribution is 2.19. The summed E-state index contributed by atoms with van der Waals surface area (Å²) in [5, 5.41) is 0.934. The van der Waals surface area contributed by atoms with Gasteiger partial charge in [0.1, 0.15) is 18.2 Å². The van der Waals surface area contributed by atoms with E-state index in [0.29, 0.717) is 18.0 Å². The molecular formula is C17H19FN2O3. The summed E-state index contributed by atoms with van der Waals surface area (Å²) >= 11 is 0. The predicted molar refractivity (Wildman–Crippen MR) is 85.5 cm³/mol. The van der Waals surface area contributed by atoms with Crippen molar-refractivity contribution < 1.29 is 18.7 Å². The second-order valence-corrected chi connectivity index (χ2v) is 5.21. The van der Waals surface area contributed by atoms with Crippen LogP contribution in [0.25, 0.3) is 0 Å². The van der Waals surface area contributed by atoms with Crippen LogP contribution in [-0.2, 0) is 11.3 Å². The third kappa shape index (κ3) is 4.96. The van der Waals surface area contributed by atoms with E-state index in [1.165, 1.54) is 12.1 Å². The number of halogens is 1. The van der Waals surface area contributed by atoms with E-state index in [2.05, 4.69) is 0 Å². The number of anilines is 1. The molecule has 6 heteroatoms. The number of amides is 1. The van der Waals surface area contributed by atoms with E-state index in [1.807, 2.05) is 0 Å². The lowest BCUT2D eigenvalue weighted by Crippen LogP contribution is -2.39. The quantitative estimate of drug-likeness (QED) is 0.519. The molecule has 0 atom stereocenters. The van der Waals surface area contributed by atoms with Crippen molar-refractivity contribution in [2.75, 3.05) is 5.01 Å². The molecule has 23 heavy (non-hydrogen) atoms. The molecule has 0 aliphatic carbocycles. The molecule has 2 rings (SSSR count). The fourth-order valence-electron chi connectivity index (χ4n) is 1.81. The summed E-state index contributed by atoms with van der Waals surface area (Å²) in [5.74, 6) is 6.03. The Morgan fingerprint density at radius 3 is 2.30 bits per heavy atom. The maximum atomic E-state index is 12.8. The van der Waals surface area contributed by atoms with Crippen LogP contribution in [0.5, 0.6) is 5.75 Å². The minimum Gasteiger partial charge on any atom is -0.489 e. The molecule has 0 fully saturated rings. The van der Waals surface area contributed by atoms with Gasteiger partial charge in [-0.1, -0.05) is 12.1 Å². The maximum absolute atomic E-state index is 12.8. The fraction of sp³-hybridized carbons (Fsp3) is 0.235. The summed E-state index contributed by atoms with van der Waals surface area (Å²) in [6, 6.07) is 12.8. The second kappa shape index (κ2) is 7.60. The largest absolute Gasteiger partial charge is 0.489 e. The van der Waals surface area contributed by atoms with Crippen LogP contribution < -0.4 is 15.6 Å². The standard InChI is InChI=1S/C17H19FN2O3/c1-12(2)23-17(21)20(19)15-7-9-16(10-8-15)22-11-13-3-5-14(18)6-4-13/h3-10,12H,11,19H2,1-2H3. The minimum atomic E-state index is -0.625. The van der Waals surface area contributed by atoms with E-state index in [4.69, 9.17) is 15.3 Å². The Bertz CT molecular complexity index is 642. The molecule has 1 amide bonds. The van der Waals surface area contributed by atoms with Crippen molar-refractivity contribution >= 4 is 11.8 Å². The first-order valence-electron chi connectivity index (χ1n) is 7.18. The van der Waals surface area contributed by atoms with Crippen molar-refractivity contribution in [2.45, 2.75) is 26.6 Å². The summed E-state index contributed by atoms with van der Waals surface area (Å²) < 4.78 is 23.4. The predicted octanol–water partition coefficient (Wildman–Crippen LogP) is 3.63. The second-order valence-electron chi connectivity index (χ2n) is 5.21. The highest BCUT2D eigenvalue weighted by molar-refractivity contribution is 5.86. The summed E-state index contributed by atoms with van der Waals surface area (Å²) in [6.07, 6.45) is -0.869. The van der Waals surface area contributed by atoms with Crippen LogP contribution in [0.3, 0.4) is 0 Å². The van der Waals surface area contributed by atoms with Gasteiger partial charge in [-0.2, -0.15) is 0 Å². The Morgan fingerprint density at radius 2 is 1.74 bits per heavy atom. The van der Waals surface area contributed by atoms with Crippen molar-refractivity contribution in [3.8, 4) is 5.75 Å². The van der Waals surface area contributed by atoms with Crippen molar-refractivity contribution in [2.24, 2.45) is 5.84 Å². The zero-order valence-corrected chi connectivity index (χ0v) is 13.0. The highest BCUT2D eigenvalue weighted by atomic mass is 19.1. The lowest BCUT2D eigenvalue weighted by molar-refractivity contribution is 0.122. The van der Waals surface area contributed by atoms with Gasteiger partial charge in [0.05, 0.1) is 11.8 Å². The lowest BCUT2D eigenvalue weighted by Gasteiger charge is -2.18. The molecule has 0 unspecified atom stereocenters. The third-order valence-corrected chi connectivity index (χ3v) is 2.97. The van der Waals surface area contributed by atoms with Crippen LogP contribution in [-0.4, -0.2) is 12.2 Å². The highest BCUT2D eigenvalue weighted by Gasteiger charge is 2.14. The summed E-state index contributed by atoms with van der Waals surface area (Å²) in [4.78, 5) is 11.7. The molecule has 122 valence electrons. The number of hydrogen-bond acceptors (Lipinski definition) is 4. The molecule has 0 bridgehead atoms. The van der Waals surface area contributed by atoms with Gasteiger partial charge in [-0.15, -0.1) is 0 Å². The molecule has 0 radical (unpaired) electrons. The van der Waals surface area contributed by atoms with E-state index in [1.54, 1.807) is 50.2 Å². The van der Waals surface area contributed by atoms with E-state index in [9.17, 15) is 9.18 Å². The molecular weight excluding hydrogens is 299 g/mol. The Kier molecular flexibility index (Phi) is 5.54. The number of carbonyl (C=O) groups is 1. The van der Waals surface area contributed by atoms with Crippen LogP contribution >= 0.6 is 0 Å². The number of benzene rings is 2. The number of nitrogens with two attached hydrogens (primary N) is 1. The van der Waals surface area contributed by atoms with Crippen molar-refractivity contribution in [1.29, 1.82) is 0 Å². The number of hydrazine groups is 1. The first kappa shape index (κ1) is 16.8. The van der Waals surface area contributed by atoms with Gasteiger partial charge in [-0.3, -0.25) is 0 Å². The van der Waals surface area contributed by atoms with Gasteiger partial charge >= 0.3 is 6.09 Å². The van der Waals surface area contributed by atoms with Crippen LogP contribution in [0, 0.1) is 5.82 Å². The number of rotatable bonds is 5. The van der Waals surface area contributed by atoms with Crippen LogP contribution in [0.1, 0.15) is 19.4 Å². The molecule has 2 N–H and O–H groups in total. The first-order valence-corrected chi connectivity index (χ1v) is 7.18. The Morgan fingerprint density at radius 1 is 1.13 bits per heavy atom. The van der Waals surface area contributed by atoms with Crippen molar-refractivity contribution in [1.82, 2.24) is 0 Å². The normalized spacial score (nSPS) is 10.5. The topological polar surface area (TPSA) is 64.8 Å². The molecule has 2 aromatic rings. The smallest absolute Gasteiger partial charge is 0.429 e. The molecule has 0 aliphatic rings. The number of ether oxygens (including phenoxy) is 2. The number of hydrogen-bond donors (Lipinski definition) is 1. The van der Waals surface area contributed by atoms with E-state index < -0.39 is 6.09 Å². The van der Waals surface area contributed by atoms with Crippen LogP contribution in [0.15, 0.2) is 48.5 Å². The molecule has 2 aromatic carbocycles. The fourth-order valence-corrected chi connectivity index (χ4v) is 1.81. The first-order chi connectivity index (χ1) is 11.0. The zero-order chi connectivity index (χ0) is 16.8. The Hall–Kier alpha value is -2.60. The van der Waals surface area contributed by atoms with E-state index in [-0.39, 0.29) is 11.9 Å².